The Balaban J connectivity index is 1.53. The van der Waals surface area contributed by atoms with Gasteiger partial charge < -0.3 is 10.6 Å². The summed E-state index contributed by atoms with van der Waals surface area (Å²) < 4.78 is 40.1. The fraction of sp³-hybridized carbons (Fsp3) is 0.333. The van der Waals surface area contributed by atoms with Crippen LogP contribution in [0.1, 0.15) is 19.8 Å². The summed E-state index contributed by atoms with van der Waals surface area (Å²) in [6.45, 7) is 2.68. The number of amides is 2. The van der Waals surface area contributed by atoms with Crippen LogP contribution >= 0.6 is 0 Å². The van der Waals surface area contributed by atoms with E-state index in [0.29, 0.717) is 25.9 Å². The van der Waals surface area contributed by atoms with E-state index in [1.807, 2.05) is 35.2 Å². The van der Waals surface area contributed by atoms with Crippen molar-refractivity contribution in [2.45, 2.75) is 25.8 Å². The molecular formula is C21H22F3N3O2. The summed E-state index contributed by atoms with van der Waals surface area (Å²) in [6, 6.07) is 10.3. The first-order chi connectivity index (χ1) is 13.9. The van der Waals surface area contributed by atoms with Crippen molar-refractivity contribution < 1.29 is 22.8 Å². The number of nitrogens with one attached hydrogen (secondary N) is 2. The molecule has 1 heterocycles. The predicted molar refractivity (Wildman–Crippen MR) is 104 cm³/mol. The van der Waals surface area contributed by atoms with Gasteiger partial charge >= 0.3 is 0 Å². The molecule has 1 atom stereocenters. The number of para-hydroxylation sites is 1. The summed E-state index contributed by atoms with van der Waals surface area (Å²) in [5.74, 6) is -5.11. The van der Waals surface area contributed by atoms with Crippen molar-refractivity contribution in [3.8, 4) is 0 Å². The molecule has 0 aliphatic carbocycles. The number of carbonyl (C=O) groups excluding carboxylic acids is 2. The summed E-state index contributed by atoms with van der Waals surface area (Å²) in [6.07, 6.45) is 1.16. The van der Waals surface area contributed by atoms with Gasteiger partial charge in [0.15, 0.2) is 17.5 Å². The zero-order valence-electron chi connectivity index (χ0n) is 15.9. The molecule has 2 aromatic rings. The molecule has 0 bridgehead atoms. The lowest BCUT2D eigenvalue weighted by atomic mass is 9.94. The second kappa shape index (κ2) is 9.09. The lowest BCUT2D eigenvalue weighted by molar-refractivity contribution is -0.123. The lowest BCUT2D eigenvalue weighted by Crippen LogP contribution is -2.47. The van der Waals surface area contributed by atoms with Gasteiger partial charge in [-0.25, -0.2) is 13.2 Å². The number of likely N-dealkylation sites (tertiary alicyclic amines) is 1. The Kier molecular flexibility index (Phi) is 6.53. The van der Waals surface area contributed by atoms with E-state index < -0.39 is 35.1 Å². The molecule has 0 spiro atoms. The highest BCUT2D eigenvalue weighted by molar-refractivity contribution is 5.95. The molecule has 0 saturated carbocycles. The SMILES string of the molecule is C[C@@H](C(=O)Nc1ccc(F)c(F)c1F)N1CCC(C(=O)Nc2ccccc2)CC1. The topological polar surface area (TPSA) is 61.4 Å². The third-order valence-corrected chi connectivity index (χ3v) is 5.16. The Bertz CT molecular complexity index is 884. The van der Waals surface area contributed by atoms with Crippen LogP contribution in [0.4, 0.5) is 24.5 Å². The minimum atomic E-state index is -1.62. The number of benzene rings is 2. The Hall–Kier alpha value is -2.87. The van der Waals surface area contributed by atoms with Crippen LogP contribution < -0.4 is 10.6 Å². The molecule has 0 radical (unpaired) electrons. The first-order valence-corrected chi connectivity index (χ1v) is 9.41. The van der Waals surface area contributed by atoms with Gasteiger partial charge in [0.05, 0.1) is 11.7 Å². The second-order valence-electron chi connectivity index (χ2n) is 7.05. The predicted octanol–water partition coefficient (Wildman–Crippen LogP) is 3.78. The number of hydrogen-bond acceptors (Lipinski definition) is 3. The Morgan fingerprint density at radius 1 is 0.966 bits per heavy atom. The largest absolute Gasteiger partial charge is 0.326 e. The van der Waals surface area contributed by atoms with E-state index in [1.54, 1.807) is 6.92 Å². The molecule has 3 rings (SSSR count). The van der Waals surface area contributed by atoms with Crippen molar-refractivity contribution in [3.63, 3.8) is 0 Å². The zero-order valence-corrected chi connectivity index (χ0v) is 15.9. The molecule has 2 amide bonds. The molecule has 1 fully saturated rings. The molecule has 1 aliphatic heterocycles. The van der Waals surface area contributed by atoms with Gasteiger partial charge in [-0.2, -0.15) is 0 Å². The van der Waals surface area contributed by atoms with Crippen LogP contribution in [0.25, 0.3) is 0 Å². The van der Waals surface area contributed by atoms with Crippen molar-refractivity contribution in [1.82, 2.24) is 4.90 Å². The van der Waals surface area contributed by atoms with Crippen LogP contribution in [0.15, 0.2) is 42.5 Å². The third-order valence-electron chi connectivity index (χ3n) is 5.16. The molecular weight excluding hydrogens is 383 g/mol. The maximum absolute atomic E-state index is 13.8. The second-order valence-corrected chi connectivity index (χ2v) is 7.05. The molecule has 2 N–H and O–H groups in total. The average Bonchev–Trinajstić information content (AvgIpc) is 2.74. The maximum atomic E-state index is 13.8. The summed E-state index contributed by atoms with van der Waals surface area (Å²) in [4.78, 5) is 26.7. The highest BCUT2D eigenvalue weighted by Crippen LogP contribution is 2.23. The van der Waals surface area contributed by atoms with E-state index in [4.69, 9.17) is 0 Å². The molecule has 0 aromatic heterocycles. The van der Waals surface area contributed by atoms with Gasteiger partial charge in [-0.15, -0.1) is 0 Å². The number of hydrogen-bond donors (Lipinski definition) is 2. The zero-order chi connectivity index (χ0) is 21.0. The first kappa shape index (κ1) is 20.9. The molecule has 0 unspecified atom stereocenters. The molecule has 29 heavy (non-hydrogen) atoms. The molecule has 1 aliphatic rings. The Morgan fingerprint density at radius 3 is 2.28 bits per heavy atom. The number of halogens is 3. The van der Waals surface area contributed by atoms with Gasteiger partial charge in [0.25, 0.3) is 0 Å². The maximum Gasteiger partial charge on any atom is 0.241 e. The minimum absolute atomic E-state index is 0.0585. The summed E-state index contributed by atoms with van der Waals surface area (Å²) in [5, 5.41) is 5.18. The number of piperidine rings is 1. The van der Waals surface area contributed by atoms with E-state index in [0.717, 1.165) is 17.8 Å². The van der Waals surface area contributed by atoms with E-state index >= 15 is 0 Å². The van der Waals surface area contributed by atoms with Gasteiger partial charge in [0.2, 0.25) is 11.8 Å². The molecule has 154 valence electrons. The van der Waals surface area contributed by atoms with Crippen LogP contribution in [-0.4, -0.2) is 35.8 Å². The highest BCUT2D eigenvalue weighted by Gasteiger charge is 2.30. The van der Waals surface area contributed by atoms with E-state index in [2.05, 4.69) is 10.6 Å². The third kappa shape index (κ3) is 4.95. The minimum Gasteiger partial charge on any atom is -0.326 e. The van der Waals surface area contributed by atoms with Gasteiger partial charge in [0, 0.05) is 11.6 Å². The molecule has 2 aromatic carbocycles. The van der Waals surface area contributed by atoms with Crippen molar-refractivity contribution >= 4 is 23.2 Å². The fourth-order valence-electron chi connectivity index (χ4n) is 3.34. The summed E-state index contributed by atoms with van der Waals surface area (Å²) in [7, 11) is 0. The average molecular weight is 405 g/mol. The number of nitrogens with zero attached hydrogens (tertiary/aromatic N) is 1. The molecule has 5 nitrogen and oxygen atoms in total. The van der Waals surface area contributed by atoms with Gasteiger partial charge in [-0.05, 0) is 57.1 Å². The van der Waals surface area contributed by atoms with Crippen LogP contribution in [-0.2, 0) is 9.59 Å². The summed E-state index contributed by atoms with van der Waals surface area (Å²) in [5.41, 5.74) is 0.333. The van der Waals surface area contributed by atoms with Crippen LogP contribution in [0.2, 0.25) is 0 Å². The van der Waals surface area contributed by atoms with Crippen molar-refractivity contribution in [2.75, 3.05) is 23.7 Å². The summed E-state index contributed by atoms with van der Waals surface area (Å²) >= 11 is 0. The fourth-order valence-corrected chi connectivity index (χ4v) is 3.34. The van der Waals surface area contributed by atoms with Gasteiger partial charge in [-0.1, -0.05) is 18.2 Å². The quantitative estimate of drug-likeness (QED) is 0.745. The van der Waals surface area contributed by atoms with Crippen molar-refractivity contribution in [1.29, 1.82) is 0 Å². The Labute approximate surface area is 166 Å². The van der Waals surface area contributed by atoms with Crippen molar-refractivity contribution in [2.24, 2.45) is 5.92 Å². The van der Waals surface area contributed by atoms with E-state index in [9.17, 15) is 22.8 Å². The van der Waals surface area contributed by atoms with Crippen LogP contribution in [0, 0.1) is 23.4 Å². The number of rotatable bonds is 5. The van der Waals surface area contributed by atoms with E-state index in [1.165, 1.54) is 0 Å². The van der Waals surface area contributed by atoms with E-state index in [-0.39, 0.29) is 11.8 Å². The molecule has 8 heteroatoms. The normalized spacial score (nSPS) is 16.3. The number of carbonyl (C=O) groups is 2. The molecule has 1 saturated heterocycles. The first-order valence-electron chi connectivity index (χ1n) is 9.41. The monoisotopic (exact) mass is 405 g/mol. The van der Waals surface area contributed by atoms with Crippen molar-refractivity contribution in [3.05, 3.63) is 59.9 Å². The Morgan fingerprint density at radius 2 is 1.62 bits per heavy atom. The lowest BCUT2D eigenvalue weighted by Gasteiger charge is -2.34. The van der Waals surface area contributed by atoms with Crippen LogP contribution in [0.5, 0.6) is 0 Å². The van der Waals surface area contributed by atoms with Crippen LogP contribution in [0.3, 0.4) is 0 Å². The van der Waals surface area contributed by atoms with Gasteiger partial charge in [-0.3, -0.25) is 14.5 Å². The standard InChI is InChI=1S/C21H22F3N3O2/c1-13(20(28)26-17-8-7-16(22)18(23)19(17)24)27-11-9-14(10-12-27)21(29)25-15-5-3-2-4-6-15/h2-8,13-14H,9-12H2,1H3,(H,25,29)(H,26,28)/t13-/m0/s1. The highest BCUT2D eigenvalue weighted by atomic mass is 19.2. The van der Waals surface area contributed by atoms with Gasteiger partial charge in [0.1, 0.15) is 0 Å². The smallest absolute Gasteiger partial charge is 0.241 e. The number of anilines is 2.